The van der Waals surface area contributed by atoms with Crippen LogP contribution in [0, 0.1) is 21.4 Å². The molecule has 0 spiro atoms. The first kappa shape index (κ1) is 15.1. The number of nitriles is 1. The fourth-order valence-electron chi connectivity index (χ4n) is 2.01. The van der Waals surface area contributed by atoms with Crippen LogP contribution in [0.4, 0.5) is 17.1 Å². The zero-order chi connectivity index (χ0) is 17.1. The van der Waals surface area contributed by atoms with Crippen LogP contribution in [0.15, 0.2) is 68.0 Å². The van der Waals surface area contributed by atoms with Crippen LogP contribution in [0.25, 0.3) is 11.0 Å². The van der Waals surface area contributed by atoms with Crippen molar-refractivity contribution in [2.24, 2.45) is 10.2 Å². The van der Waals surface area contributed by atoms with E-state index in [9.17, 15) is 14.9 Å². The Morgan fingerprint density at radius 1 is 1.04 bits per heavy atom. The number of hydrogen-bond acceptors (Lipinski definition) is 7. The van der Waals surface area contributed by atoms with Crippen LogP contribution in [-0.4, -0.2) is 4.92 Å². The van der Waals surface area contributed by atoms with Gasteiger partial charge in [0.25, 0.3) is 5.69 Å². The SMILES string of the molecule is N#Cc1cc2cc(N=Nc3ccc([N+](=O)[O-])cc3)ccc2oc1=O. The minimum Gasteiger partial charge on any atom is -0.422 e. The number of benzene rings is 2. The first-order valence-corrected chi connectivity index (χ1v) is 6.71. The maximum absolute atomic E-state index is 11.5. The molecule has 0 aliphatic heterocycles. The van der Waals surface area contributed by atoms with Gasteiger partial charge in [-0.25, -0.2) is 4.79 Å². The van der Waals surface area contributed by atoms with Crippen LogP contribution in [0.1, 0.15) is 5.56 Å². The molecule has 0 aliphatic rings. The fourth-order valence-corrected chi connectivity index (χ4v) is 2.01. The molecular weight excluding hydrogens is 312 g/mol. The Morgan fingerprint density at radius 3 is 2.38 bits per heavy atom. The predicted octanol–water partition coefficient (Wildman–Crippen LogP) is 3.99. The normalized spacial score (nSPS) is 10.8. The first-order chi connectivity index (χ1) is 11.6. The molecule has 0 amide bonds. The van der Waals surface area contributed by atoms with E-state index in [4.69, 9.17) is 9.68 Å². The molecule has 0 saturated heterocycles. The summed E-state index contributed by atoms with van der Waals surface area (Å²) in [6.45, 7) is 0. The number of nitro groups is 1. The summed E-state index contributed by atoms with van der Waals surface area (Å²) in [6.07, 6.45) is 0. The Hall–Kier alpha value is -3.86. The molecule has 2 aromatic carbocycles. The van der Waals surface area contributed by atoms with Gasteiger partial charge >= 0.3 is 5.63 Å². The van der Waals surface area contributed by atoms with Crippen molar-refractivity contribution < 1.29 is 9.34 Å². The van der Waals surface area contributed by atoms with Crippen LogP contribution in [0.3, 0.4) is 0 Å². The van der Waals surface area contributed by atoms with E-state index in [1.54, 1.807) is 24.3 Å². The van der Waals surface area contributed by atoms with E-state index in [0.29, 0.717) is 22.3 Å². The third-order valence-corrected chi connectivity index (χ3v) is 3.18. The topological polar surface area (TPSA) is 122 Å². The second kappa shape index (κ2) is 6.10. The predicted molar refractivity (Wildman–Crippen MR) is 84.5 cm³/mol. The van der Waals surface area contributed by atoms with Crippen LogP contribution in [-0.2, 0) is 0 Å². The number of non-ortho nitro benzene ring substituents is 1. The molecule has 0 saturated carbocycles. The van der Waals surface area contributed by atoms with Crippen molar-refractivity contribution in [2.75, 3.05) is 0 Å². The lowest BCUT2D eigenvalue weighted by molar-refractivity contribution is -0.384. The van der Waals surface area contributed by atoms with Crippen LogP contribution in [0.2, 0.25) is 0 Å². The van der Waals surface area contributed by atoms with Crippen molar-refractivity contribution in [2.45, 2.75) is 0 Å². The molecule has 8 heteroatoms. The Balaban J connectivity index is 1.92. The molecule has 0 unspecified atom stereocenters. The fraction of sp³-hybridized carbons (Fsp3) is 0. The summed E-state index contributed by atoms with van der Waals surface area (Å²) >= 11 is 0. The summed E-state index contributed by atoms with van der Waals surface area (Å²) in [5, 5.41) is 28.0. The van der Waals surface area contributed by atoms with E-state index in [1.807, 2.05) is 0 Å². The highest BCUT2D eigenvalue weighted by Crippen LogP contribution is 2.24. The number of nitro benzene ring substituents is 1. The standard InChI is InChI=1S/C16H8N4O4/c17-9-11-7-10-8-13(3-6-15(10)24-16(11)21)19-18-12-1-4-14(5-2-12)20(22)23/h1-8H. The van der Waals surface area contributed by atoms with Gasteiger partial charge < -0.3 is 4.42 Å². The lowest BCUT2D eigenvalue weighted by atomic mass is 10.2. The molecule has 1 aromatic heterocycles. The average Bonchev–Trinajstić information content (AvgIpc) is 2.59. The molecule has 0 fully saturated rings. The molecule has 0 atom stereocenters. The highest BCUT2D eigenvalue weighted by molar-refractivity contribution is 5.80. The largest absolute Gasteiger partial charge is 0.422 e. The van der Waals surface area contributed by atoms with Crippen molar-refractivity contribution in [3.8, 4) is 6.07 Å². The van der Waals surface area contributed by atoms with Crippen molar-refractivity contribution in [3.05, 3.63) is 74.6 Å². The van der Waals surface area contributed by atoms with E-state index in [2.05, 4.69) is 10.2 Å². The van der Waals surface area contributed by atoms with Gasteiger partial charge in [-0.15, -0.1) is 0 Å². The van der Waals surface area contributed by atoms with E-state index in [0.717, 1.165) is 0 Å². The van der Waals surface area contributed by atoms with Crippen LogP contribution < -0.4 is 5.63 Å². The van der Waals surface area contributed by atoms with Gasteiger partial charge in [-0.1, -0.05) is 0 Å². The van der Waals surface area contributed by atoms with E-state index >= 15 is 0 Å². The van der Waals surface area contributed by atoms with Crippen molar-refractivity contribution in [3.63, 3.8) is 0 Å². The summed E-state index contributed by atoms with van der Waals surface area (Å²) < 4.78 is 5.02. The summed E-state index contributed by atoms with van der Waals surface area (Å²) in [5.41, 5.74) is 0.473. The minimum absolute atomic E-state index is 0.0290. The van der Waals surface area contributed by atoms with E-state index in [-0.39, 0.29) is 11.3 Å². The van der Waals surface area contributed by atoms with Gasteiger partial charge in [0.05, 0.1) is 16.3 Å². The number of azo groups is 1. The molecule has 0 N–H and O–H groups in total. The number of nitrogens with zero attached hydrogens (tertiary/aromatic N) is 4. The van der Waals surface area contributed by atoms with Gasteiger partial charge in [0, 0.05) is 17.5 Å². The monoisotopic (exact) mass is 320 g/mol. The molecule has 0 bridgehead atoms. The van der Waals surface area contributed by atoms with Crippen molar-refractivity contribution in [1.82, 2.24) is 0 Å². The highest BCUT2D eigenvalue weighted by Gasteiger charge is 2.06. The van der Waals surface area contributed by atoms with Crippen molar-refractivity contribution in [1.29, 1.82) is 5.26 Å². The van der Waals surface area contributed by atoms with Gasteiger partial charge in [0.2, 0.25) is 0 Å². The van der Waals surface area contributed by atoms with Gasteiger partial charge in [0.15, 0.2) is 0 Å². The number of hydrogen-bond donors (Lipinski definition) is 0. The Morgan fingerprint density at radius 2 is 1.71 bits per heavy atom. The first-order valence-electron chi connectivity index (χ1n) is 6.71. The third kappa shape index (κ3) is 3.00. The molecule has 3 rings (SSSR count). The minimum atomic E-state index is -0.690. The second-order valence-corrected chi connectivity index (χ2v) is 4.75. The van der Waals surface area contributed by atoms with Gasteiger partial charge in [-0.2, -0.15) is 15.5 Å². The smallest absolute Gasteiger partial charge is 0.354 e. The summed E-state index contributed by atoms with van der Waals surface area (Å²) in [5.74, 6) is 0. The molecule has 0 aliphatic carbocycles. The quantitative estimate of drug-likeness (QED) is 0.312. The Labute approximate surface area is 134 Å². The van der Waals surface area contributed by atoms with E-state index in [1.165, 1.54) is 30.3 Å². The highest BCUT2D eigenvalue weighted by atomic mass is 16.6. The zero-order valence-corrected chi connectivity index (χ0v) is 12.0. The number of rotatable bonds is 3. The number of fused-ring (bicyclic) bond motifs is 1. The summed E-state index contributed by atoms with van der Waals surface area (Å²) in [4.78, 5) is 21.6. The lowest BCUT2D eigenvalue weighted by Crippen LogP contribution is -2.02. The van der Waals surface area contributed by atoms with Crippen LogP contribution >= 0.6 is 0 Å². The summed E-state index contributed by atoms with van der Waals surface area (Å²) in [7, 11) is 0. The molecule has 0 radical (unpaired) electrons. The van der Waals surface area contributed by atoms with E-state index < -0.39 is 10.5 Å². The molecular formula is C16H8N4O4. The maximum atomic E-state index is 11.5. The Kier molecular flexibility index (Phi) is 3.82. The van der Waals surface area contributed by atoms with Gasteiger partial charge in [0.1, 0.15) is 17.2 Å². The average molecular weight is 320 g/mol. The summed E-state index contributed by atoms with van der Waals surface area (Å²) in [6, 6.07) is 13.6. The molecule has 1 heterocycles. The maximum Gasteiger partial charge on any atom is 0.354 e. The second-order valence-electron chi connectivity index (χ2n) is 4.75. The Bertz CT molecular complexity index is 1060. The molecule has 8 nitrogen and oxygen atoms in total. The lowest BCUT2D eigenvalue weighted by Gasteiger charge is -1.98. The van der Waals surface area contributed by atoms with Crippen molar-refractivity contribution >= 4 is 28.0 Å². The molecule has 116 valence electrons. The molecule has 3 aromatic rings. The van der Waals surface area contributed by atoms with Gasteiger partial charge in [-0.05, 0) is 36.4 Å². The van der Waals surface area contributed by atoms with Gasteiger partial charge in [-0.3, -0.25) is 10.1 Å². The molecule has 24 heavy (non-hydrogen) atoms. The zero-order valence-electron chi connectivity index (χ0n) is 12.0. The van der Waals surface area contributed by atoms with Crippen LogP contribution in [0.5, 0.6) is 0 Å². The third-order valence-electron chi connectivity index (χ3n) is 3.18.